The number of aromatic nitrogens is 4. The molecule has 0 amide bonds. The van der Waals surface area contributed by atoms with Crippen LogP contribution in [0.1, 0.15) is 6.23 Å². The summed E-state index contributed by atoms with van der Waals surface area (Å²) in [6.07, 6.45) is -16.3. The van der Waals surface area contributed by atoms with E-state index in [1.54, 1.807) is 0 Å². The highest BCUT2D eigenvalue weighted by Gasteiger charge is 2.51. The number of hydrogen-bond acceptors (Lipinski definition) is 17. The molecule has 4 rings (SSSR count). The number of nitrogens with zero attached hydrogens (tertiary/aromatic N) is 4. The Hall–Kier alpha value is -1.36. The van der Waals surface area contributed by atoms with Crippen LogP contribution in [0.15, 0.2) is 12.7 Å². The van der Waals surface area contributed by atoms with Crippen LogP contribution in [-0.4, -0.2) is 128 Å². The number of rotatable bonds is 10. The fourth-order valence-corrected chi connectivity index (χ4v) is 7.09. The van der Waals surface area contributed by atoms with E-state index in [1.807, 2.05) is 0 Å². The summed E-state index contributed by atoms with van der Waals surface area (Å²) in [5, 5.41) is 59.5. The second kappa shape index (κ2) is 12.1. The van der Waals surface area contributed by atoms with Crippen LogP contribution in [0.4, 0.5) is 10.2 Å². The van der Waals surface area contributed by atoms with Crippen LogP contribution in [0, 0.1) is 0 Å². The van der Waals surface area contributed by atoms with E-state index in [1.165, 1.54) is 10.9 Å². The first-order chi connectivity index (χ1) is 18.7. The minimum Gasteiger partial charge on any atom is -0.393 e. The van der Waals surface area contributed by atoms with Gasteiger partial charge >= 0.3 is 14.5 Å². The number of hydrogen-bond donors (Lipinski definition) is 9. The van der Waals surface area contributed by atoms with E-state index in [2.05, 4.69) is 35.6 Å². The van der Waals surface area contributed by atoms with E-state index in [9.17, 15) is 44.3 Å². The number of aliphatic hydroxyl groups excluding tert-OH is 6. The zero-order valence-corrected chi connectivity index (χ0v) is 22.5. The average Bonchev–Trinajstić information content (AvgIpc) is 3.43. The van der Waals surface area contributed by atoms with E-state index in [-0.39, 0.29) is 17.0 Å². The van der Waals surface area contributed by atoms with E-state index in [4.69, 9.17) is 24.8 Å². The quantitative estimate of drug-likeness (QED) is 0.114. The highest BCUT2D eigenvalue weighted by molar-refractivity contribution is 8.08. The summed E-state index contributed by atoms with van der Waals surface area (Å²) in [6.45, 7) is -6.63. The predicted octanol–water partition coefficient (Wildman–Crippen LogP) is -3.47. The Morgan fingerprint density at radius 2 is 1.77 bits per heavy atom. The van der Waals surface area contributed by atoms with Crippen molar-refractivity contribution in [1.82, 2.24) is 19.5 Å². The third kappa shape index (κ3) is 6.50. The molecule has 2 aromatic heterocycles. The summed E-state index contributed by atoms with van der Waals surface area (Å²) < 4.78 is 52.0. The number of phosphoric acid groups is 1. The van der Waals surface area contributed by atoms with Gasteiger partial charge in [0.2, 0.25) is 0 Å². The molecule has 0 spiro atoms. The molecule has 4 heterocycles. The molecule has 23 heteroatoms. The number of anilines is 1. The third-order valence-corrected chi connectivity index (χ3v) is 9.50. The number of imidazole rings is 1. The minimum absolute atomic E-state index is 0.0516. The Balaban J connectivity index is 1.38. The number of aliphatic hydroxyl groups is 6. The summed E-state index contributed by atoms with van der Waals surface area (Å²) >= 11 is 4.68. The number of halogens is 1. The topological polar surface area (TPSA) is 295 Å². The fraction of sp³-hybridized carbons (Fsp3) is 0.706. The van der Waals surface area contributed by atoms with Gasteiger partial charge in [0.1, 0.15) is 54.6 Å². The van der Waals surface area contributed by atoms with Crippen molar-refractivity contribution in [2.45, 2.75) is 61.4 Å². The van der Waals surface area contributed by atoms with Crippen molar-refractivity contribution in [3.8, 4) is 0 Å². The first-order valence-electron chi connectivity index (χ1n) is 11.2. The van der Waals surface area contributed by atoms with E-state index in [0.717, 1.165) is 6.33 Å². The van der Waals surface area contributed by atoms with Crippen molar-refractivity contribution in [3.05, 3.63) is 12.7 Å². The highest BCUT2D eigenvalue weighted by Crippen LogP contribution is 2.61. The van der Waals surface area contributed by atoms with Gasteiger partial charge in [-0.25, -0.2) is 28.2 Å². The maximum absolute atomic E-state index is 13.9. The second-order valence-corrected chi connectivity index (χ2v) is 13.1. The van der Waals surface area contributed by atoms with Gasteiger partial charge in [-0.15, -0.1) is 0 Å². The molecule has 10 N–H and O–H groups in total. The number of alkyl halides is 1. The van der Waals surface area contributed by atoms with Gasteiger partial charge in [-0.05, 0) is 11.8 Å². The van der Waals surface area contributed by atoms with Crippen molar-refractivity contribution in [2.24, 2.45) is 0 Å². The van der Waals surface area contributed by atoms with Crippen LogP contribution in [-0.2, 0) is 39.2 Å². The van der Waals surface area contributed by atoms with Crippen LogP contribution < -0.4 is 5.73 Å². The van der Waals surface area contributed by atoms with Gasteiger partial charge in [-0.1, -0.05) is 0 Å². The predicted molar refractivity (Wildman–Crippen MR) is 129 cm³/mol. The zero-order valence-electron chi connectivity index (χ0n) is 19.9. The molecule has 5 unspecified atom stereocenters. The molecule has 2 aromatic rings. The van der Waals surface area contributed by atoms with Crippen molar-refractivity contribution in [3.63, 3.8) is 0 Å². The number of ether oxygens (including phenoxy) is 2. The molecule has 2 aliphatic heterocycles. The second-order valence-electron chi connectivity index (χ2n) is 8.69. The van der Waals surface area contributed by atoms with Gasteiger partial charge in [0, 0.05) is 0 Å². The fourth-order valence-electron chi connectivity index (χ4n) is 3.99. The first kappa shape index (κ1) is 31.6. The maximum Gasteiger partial charge on any atom is 0.481 e. The summed E-state index contributed by atoms with van der Waals surface area (Å²) in [7, 11) is -5.49. The standard InChI is InChI=1S/C17H26FN5O14P2S/c18-5(1-24)13-10(27)9(26)12(29)17(35-13)36-38(30,31)37-39(32,40)33-2-6-8(25)11(28)16(34-6)23-4-22-7-14(19)20-3-21-15(7)23/h3-6,8-13,16-17,24-29H,1-2H2,(H,30,31)(H,32,40)(H2,19,20,21)/t5-,6+,8?,9-,10-,11-,12?,13?,16+,17-,39?/m0/s1. The molecule has 2 aliphatic rings. The third-order valence-electron chi connectivity index (χ3n) is 5.98. The Kier molecular flexibility index (Phi) is 9.55. The van der Waals surface area contributed by atoms with E-state index in [0.29, 0.717) is 0 Å². The lowest BCUT2D eigenvalue weighted by Gasteiger charge is -2.41. The van der Waals surface area contributed by atoms with Gasteiger partial charge < -0.3 is 60.2 Å². The summed E-state index contributed by atoms with van der Waals surface area (Å²) in [4.78, 5) is 32.1. The summed E-state index contributed by atoms with van der Waals surface area (Å²) in [5.74, 6) is 0.0516. The molecule has 12 atom stereocenters. The Labute approximate surface area is 228 Å². The van der Waals surface area contributed by atoms with Crippen LogP contribution in [0.3, 0.4) is 0 Å². The zero-order chi connectivity index (χ0) is 29.6. The van der Waals surface area contributed by atoms with Crippen LogP contribution in [0.25, 0.3) is 11.2 Å². The molecule has 0 aromatic carbocycles. The van der Waals surface area contributed by atoms with Crippen molar-refractivity contribution in [2.75, 3.05) is 18.9 Å². The lowest BCUT2D eigenvalue weighted by atomic mass is 9.96. The number of fused-ring (bicyclic) bond motifs is 1. The molecule has 226 valence electrons. The van der Waals surface area contributed by atoms with Crippen LogP contribution in [0.5, 0.6) is 0 Å². The number of nitrogen functional groups attached to an aromatic ring is 1. The molecular weight excluding hydrogens is 611 g/mol. The normalized spacial score (nSPS) is 36.8. The van der Waals surface area contributed by atoms with Crippen molar-refractivity contribution >= 4 is 43.3 Å². The molecule has 2 fully saturated rings. The molecule has 0 aliphatic carbocycles. The lowest BCUT2D eigenvalue weighted by molar-refractivity contribution is -0.287. The molecule has 0 saturated carbocycles. The van der Waals surface area contributed by atoms with Crippen molar-refractivity contribution < 1.29 is 72.2 Å². The van der Waals surface area contributed by atoms with E-state index < -0.39 is 89.2 Å². The lowest BCUT2D eigenvalue weighted by Crippen LogP contribution is -2.60. The first-order valence-corrected chi connectivity index (χ1v) is 15.3. The van der Waals surface area contributed by atoms with Gasteiger partial charge in [-0.2, -0.15) is 0 Å². The van der Waals surface area contributed by atoms with Gasteiger partial charge in [-0.3, -0.25) is 9.09 Å². The number of nitrogens with two attached hydrogens (primary N) is 1. The Morgan fingerprint density at radius 1 is 1.07 bits per heavy atom. The molecular formula is C17H26FN5O14P2S. The van der Waals surface area contributed by atoms with Gasteiger partial charge in [0.05, 0.1) is 19.5 Å². The molecule has 2 saturated heterocycles. The highest BCUT2D eigenvalue weighted by atomic mass is 32.5. The van der Waals surface area contributed by atoms with Gasteiger partial charge in [0.25, 0.3) is 0 Å². The van der Waals surface area contributed by atoms with E-state index >= 15 is 0 Å². The molecule has 19 nitrogen and oxygen atoms in total. The smallest absolute Gasteiger partial charge is 0.393 e. The Bertz CT molecular complexity index is 1300. The molecule has 0 bridgehead atoms. The maximum atomic E-state index is 13.9. The molecule has 0 radical (unpaired) electrons. The molecule has 40 heavy (non-hydrogen) atoms. The van der Waals surface area contributed by atoms with Crippen LogP contribution >= 0.6 is 14.5 Å². The van der Waals surface area contributed by atoms with Crippen molar-refractivity contribution in [1.29, 1.82) is 0 Å². The number of phosphoric ester groups is 1. The average molecular weight is 637 g/mol. The summed E-state index contributed by atoms with van der Waals surface area (Å²) in [5.41, 5.74) is 6.10. The minimum atomic E-state index is -5.49. The van der Waals surface area contributed by atoms with Crippen LogP contribution in [0.2, 0.25) is 0 Å². The SMILES string of the molecule is Nc1ncnc2c1ncn2[C@@H]1O[C@H](COP(O)(=S)OP(=O)(O)O[C@@H]2OC([C@@H](F)CO)[C@@H](O)[C@H](O)C2O)C(O)[C@@H]1O. The summed E-state index contributed by atoms with van der Waals surface area (Å²) in [6, 6.07) is 0. The monoisotopic (exact) mass is 637 g/mol. The van der Waals surface area contributed by atoms with Gasteiger partial charge in [0.15, 0.2) is 30.2 Å². The largest absolute Gasteiger partial charge is 0.481 e. The Morgan fingerprint density at radius 3 is 2.45 bits per heavy atom.